The molecule has 0 radical (unpaired) electrons. The molecule has 1 N–H and O–H groups in total. The van der Waals surface area contributed by atoms with Crippen LogP contribution in [0, 0.1) is 0 Å². The summed E-state index contributed by atoms with van der Waals surface area (Å²) in [6.07, 6.45) is 1.59. The molecule has 182 valence electrons. The Kier molecular flexibility index (Phi) is 8.62. The van der Waals surface area contributed by atoms with Crippen molar-refractivity contribution in [2.75, 3.05) is 19.9 Å². The van der Waals surface area contributed by atoms with E-state index in [9.17, 15) is 14.0 Å². The van der Waals surface area contributed by atoms with E-state index in [-0.39, 0.29) is 11.1 Å². The number of imide groups is 1. The number of amides is 2. The molecule has 8 heteroatoms. The maximum atomic E-state index is 12.8. The van der Waals surface area contributed by atoms with E-state index in [2.05, 4.69) is 5.32 Å². The summed E-state index contributed by atoms with van der Waals surface area (Å²) >= 11 is 0.966. The van der Waals surface area contributed by atoms with Crippen molar-refractivity contribution in [3.63, 3.8) is 0 Å². The molecular formula is C27H26FNO5S. The minimum atomic E-state index is -0.550. The van der Waals surface area contributed by atoms with Crippen molar-refractivity contribution in [3.8, 4) is 23.0 Å². The number of carbonyl (C=O) groups excluding carboxylic acids is 2. The molecule has 0 aliphatic carbocycles. The Balaban J connectivity index is 1.29. The fraction of sp³-hybridized carbons (Fsp3) is 0.259. The third-order valence-corrected chi connectivity index (χ3v) is 6.29. The topological polar surface area (TPSA) is 73.9 Å². The van der Waals surface area contributed by atoms with Gasteiger partial charge in [-0.2, -0.15) is 0 Å². The Morgan fingerprint density at radius 2 is 1.63 bits per heavy atom. The van der Waals surface area contributed by atoms with Crippen molar-refractivity contribution in [1.29, 1.82) is 0 Å². The Bertz CT molecular complexity index is 1160. The number of hydrogen-bond donors (Lipinski definition) is 1. The minimum absolute atomic E-state index is 0.311. The maximum Gasteiger partial charge on any atom is 0.286 e. The summed E-state index contributed by atoms with van der Waals surface area (Å²) in [7, 11) is 0. The van der Waals surface area contributed by atoms with E-state index in [1.807, 2.05) is 54.6 Å². The van der Waals surface area contributed by atoms with Crippen LogP contribution >= 0.6 is 11.8 Å². The summed E-state index contributed by atoms with van der Waals surface area (Å²) < 4.78 is 30.5. The molecule has 1 saturated heterocycles. The third kappa shape index (κ3) is 6.99. The summed E-state index contributed by atoms with van der Waals surface area (Å²) in [5.41, 5.74) is 1.62. The van der Waals surface area contributed by atoms with Gasteiger partial charge in [0.1, 0.15) is 28.2 Å². The lowest BCUT2D eigenvalue weighted by atomic mass is 10.1. The second-order valence-electron chi connectivity index (χ2n) is 7.87. The lowest BCUT2D eigenvalue weighted by Gasteiger charge is -2.14. The first-order valence-corrected chi connectivity index (χ1v) is 12.3. The largest absolute Gasteiger partial charge is 0.493 e. The lowest BCUT2D eigenvalue weighted by molar-refractivity contribution is -0.119. The second kappa shape index (κ2) is 12.3. The van der Waals surface area contributed by atoms with Crippen LogP contribution in [0.3, 0.4) is 0 Å². The van der Waals surface area contributed by atoms with Crippen molar-refractivity contribution in [2.45, 2.75) is 24.5 Å². The zero-order valence-corrected chi connectivity index (χ0v) is 19.9. The summed E-state index contributed by atoms with van der Waals surface area (Å²) in [6.45, 7) is 0.448. The number of ether oxygens (including phenoxy) is 3. The van der Waals surface area contributed by atoms with E-state index in [1.165, 1.54) is 0 Å². The predicted octanol–water partition coefficient (Wildman–Crippen LogP) is 6.25. The summed E-state index contributed by atoms with van der Waals surface area (Å²) in [5, 5.41) is 1.40. The van der Waals surface area contributed by atoms with Gasteiger partial charge in [0.25, 0.3) is 5.24 Å². The molecule has 3 aromatic rings. The van der Waals surface area contributed by atoms with Crippen molar-refractivity contribution in [1.82, 2.24) is 5.32 Å². The Morgan fingerprint density at radius 3 is 2.40 bits per heavy atom. The molecule has 1 heterocycles. The molecule has 2 amide bonds. The second-order valence-corrected chi connectivity index (χ2v) is 8.95. The molecule has 0 saturated carbocycles. The van der Waals surface area contributed by atoms with Crippen LogP contribution in [0.4, 0.5) is 9.18 Å². The number of hydrogen-bond acceptors (Lipinski definition) is 6. The molecule has 0 bridgehead atoms. The fourth-order valence-electron chi connectivity index (χ4n) is 3.61. The first-order chi connectivity index (χ1) is 17.1. The molecule has 1 atom stereocenters. The predicted molar refractivity (Wildman–Crippen MR) is 133 cm³/mol. The maximum absolute atomic E-state index is 12.8. The highest BCUT2D eigenvalue weighted by atomic mass is 32.2. The molecule has 4 rings (SSSR count). The average Bonchev–Trinajstić information content (AvgIpc) is 3.22. The van der Waals surface area contributed by atoms with Crippen LogP contribution < -0.4 is 19.5 Å². The molecule has 1 aliphatic heterocycles. The number of aryl methyl sites for hydroxylation is 1. The standard InChI is InChI=1S/C27H26FNO5S/c28-14-5-8-19-17-23(34-21-9-2-1-3-10-21)12-13-24(19)33-16-6-15-32-22-11-4-7-20(18-22)25-26(30)29-27(31)35-25/h1-4,7,9-13,17-18,25H,5-6,8,14-16H2,(H,29,30,31). The van der Waals surface area contributed by atoms with Gasteiger partial charge >= 0.3 is 0 Å². The van der Waals surface area contributed by atoms with E-state index in [1.54, 1.807) is 18.2 Å². The lowest BCUT2D eigenvalue weighted by Crippen LogP contribution is -2.20. The van der Waals surface area contributed by atoms with Gasteiger partial charge in [-0.25, -0.2) is 0 Å². The molecule has 1 fully saturated rings. The number of thioether (sulfide) groups is 1. The Morgan fingerprint density at radius 1 is 0.829 bits per heavy atom. The van der Waals surface area contributed by atoms with Crippen molar-refractivity contribution < 1.29 is 28.2 Å². The van der Waals surface area contributed by atoms with E-state index < -0.39 is 11.9 Å². The van der Waals surface area contributed by atoms with Gasteiger partial charge in [-0.3, -0.25) is 19.3 Å². The Hall–Kier alpha value is -3.52. The summed E-state index contributed by atoms with van der Waals surface area (Å²) in [6, 6.07) is 22.2. The zero-order valence-electron chi connectivity index (χ0n) is 19.1. The third-order valence-electron chi connectivity index (χ3n) is 5.25. The average molecular weight is 496 g/mol. The van der Waals surface area contributed by atoms with Crippen molar-refractivity contribution in [3.05, 3.63) is 83.9 Å². The van der Waals surface area contributed by atoms with E-state index in [0.717, 1.165) is 28.6 Å². The summed E-state index contributed by atoms with van der Waals surface area (Å²) in [5.74, 6) is 2.43. The van der Waals surface area contributed by atoms with Gasteiger partial charge in [0.2, 0.25) is 5.91 Å². The highest BCUT2D eigenvalue weighted by molar-refractivity contribution is 8.15. The van der Waals surface area contributed by atoms with Crippen molar-refractivity contribution in [2.24, 2.45) is 0 Å². The van der Waals surface area contributed by atoms with Gasteiger partial charge in [0.05, 0.1) is 19.9 Å². The molecular weight excluding hydrogens is 469 g/mol. The molecule has 6 nitrogen and oxygen atoms in total. The van der Waals surface area contributed by atoms with E-state index >= 15 is 0 Å². The van der Waals surface area contributed by atoms with Crippen LogP contribution in [0.2, 0.25) is 0 Å². The van der Waals surface area contributed by atoms with E-state index in [4.69, 9.17) is 14.2 Å². The molecule has 1 unspecified atom stereocenters. The van der Waals surface area contributed by atoms with Gasteiger partial charge in [-0.1, -0.05) is 30.3 Å². The minimum Gasteiger partial charge on any atom is -0.493 e. The molecule has 0 spiro atoms. The number of nitrogens with one attached hydrogen (secondary N) is 1. The first kappa shape index (κ1) is 24.6. The number of alkyl halides is 1. The van der Waals surface area contributed by atoms with Crippen LogP contribution in [0.5, 0.6) is 23.0 Å². The monoisotopic (exact) mass is 495 g/mol. The molecule has 1 aliphatic rings. The normalized spacial score (nSPS) is 15.1. The number of carbonyl (C=O) groups is 2. The quantitative estimate of drug-likeness (QED) is 0.299. The molecule has 3 aromatic carbocycles. The first-order valence-electron chi connectivity index (χ1n) is 11.4. The van der Waals surface area contributed by atoms with Gasteiger partial charge in [-0.15, -0.1) is 0 Å². The number of halogens is 1. The van der Waals surface area contributed by atoms with Crippen LogP contribution in [-0.2, 0) is 11.2 Å². The Labute approximate surface area is 207 Å². The van der Waals surface area contributed by atoms with Crippen LogP contribution in [-0.4, -0.2) is 31.0 Å². The fourth-order valence-corrected chi connectivity index (χ4v) is 4.43. The SMILES string of the molecule is O=C1NC(=O)C(c2cccc(OCCCOc3ccc(Oc4ccccc4)cc3CCCF)c2)S1. The number of rotatable bonds is 12. The van der Waals surface area contributed by atoms with Gasteiger partial charge < -0.3 is 14.2 Å². The molecule has 0 aromatic heterocycles. The van der Waals surface area contributed by atoms with Gasteiger partial charge in [0.15, 0.2) is 0 Å². The smallest absolute Gasteiger partial charge is 0.286 e. The van der Waals surface area contributed by atoms with Gasteiger partial charge in [0, 0.05) is 6.42 Å². The van der Waals surface area contributed by atoms with Crippen LogP contribution in [0.25, 0.3) is 0 Å². The highest BCUT2D eigenvalue weighted by Gasteiger charge is 2.33. The number of benzene rings is 3. The van der Waals surface area contributed by atoms with Crippen molar-refractivity contribution >= 4 is 22.9 Å². The van der Waals surface area contributed by atoms with Crippen LogP contribution in [0.1, 0.15) is 29.2 Å². The zero-order chi connectivity index (χ0) is 24.5. The number of para-hydroxylation sites is 1. The summed E-state index contributed by atoms with van der Waals surface area (Å²) in [4.78, 5) is 23.3. The van der Waals surface area contributed by atoms with Gasteiger partial charge in [-0.05, 0) is 78.2 Å². The van der Waals surface area contributed by atoms with Crippen LogP contribution in [0.15, 0.2) is 72.8 Å². The highest BCUT2D eigenvalue weighted by Crippen LogP contribution is 2.35. The molecule has 35 heavy (non-hydrogen) atoms. The van der Waals surface area contributed by atoms with E-state index in [0.29, 0.717) is 49.7 Å².